The Kier molecular flexibility index (Phi) is 5.98. The number of rotatable bonds is 3. The molecule has 0 saturated carbocycles. The van der Waals surface area contributed by atoms with E-state index in [-0.39, 0.29) is 29.4 Å². The van der Waals surface area contributed by atoms with Crippen molar-refractivity contribution in [2.45, 2.75) is 55.9 Å². The molecule has 2 aliphatic rings. The zero-order chi connectivity index (χ0) is 20.2. The third-order valence-corrected chi connectivity index (χ3v) is 6.73. The van der Waals surface area contributed by atoms with Crippen molar-refractivity contribution in [2.24, 2.45) is 0 Å². The molecule has 1 aliphatic heterocycles. The predicted molar refractivity (Wildman–Crippen MR) is 110 cm³/mol. The summed E-state index contributed by atoms with van der Waals surface area (Å²) in [6.07, 6.45) is -1.77. The van der Waals surface area contributed by atoms with E-state index < -0.39 is 11.8 Å². The first-order valence-corrected chi connectivity index (χ1v) is 9.89. The summed E-state index contributed by atoms with van der Waals surface area (Å²) in [6, 6.07) is 12.4. The Morgan fingerprint density at radius 1 is 1.10 bits per heavy atom. The fourth-order valence-electron chi connectivity index (χ4n) is 4.85. The molecule has 0 spiro atoms. The minimum Gasteiger partial charge on any atom is -0.313 e. The lowest BCUT2D eigenvalue weighted by atomic mass is 9.63. The fourth-order valence-corrected chi connectivity index (χ4v) is 4.98. The first-order valence-electron chi connectivity index (χ1n) is 9.51. The van der Waals surface area contributed by atoms with E-state index in [4.69, 9.17) is 11.6 Å². The van der Waals surface area contributed by atoms with Crippen LogP contribution in [-0.2, 0) is 23.9 Å². The highest BCUT2D eigenvalue weighted by atomic mass is 35.5. The van der Waals surface area contributed by atoms with Crippen molar-refractivity contribution in [3.8, 4) is 0 Å². The maximum Gasteiger partial charge on any atom is 0.426 e. The van der Waals surface area contributed by atoms with Gasteiger partial charge in [0.15, 0.2) is 0 Å². The molecule has 0 radical (unpaired) electrons. The highest BCUT2D eigenvalue weighted by molar-refractivity contribution is 6.30. The number of nitrogens with one attached hydrogen (secondary N) is 1. The van der Waals surface area contributed by atoms with Crippen LogP contribution in [0.2, 0.25) is 5.02 Å². The van der Waals surface area contributed by atoms with Gasteiger partial charge in [0.2, 0.25) is 5.67 Å². The third-order valence-electron chi connectivity index (χ3n) is 6.48. The molecule has 158 valence electrons. The summed E-state index contributed by atoms with van der Waals surface area (Å²) in [5.74, 6) is 0. The molecule has 1 N–H and O–H groups in total. The Morgan fingerprint density at radius 3 is 2.45 bits per heavy atom. The van der Waals surface area contributed by atoms with Crippen LogP contribution in [0.4, 0.5) is 17.6 Å². The lowest BCUT2D eigenvalue weighted by molar-refractivity contribution is -0.228. The quantitative estimate of drug-likeness (QED) is 0.544. The van der Waals surface area contributed by atoms with Crippen molar-refractivity contribution < 1.29 is 17.6 Å². The molecule has 3 atom stereocenters. The molecule has 1 saturated heterocycles. The lowest BCUT2D eigenvalue weighted by Crippen LogP contribution is -2.46. The highest BCUT2D eigenvalue weighted by Crippen LogP contribution is 2.48. The van der Waals surface area contributed by atoms with Gasteiger partial charge < -0.3 is 5.32 Å². The van der Waals surface area contributed by atoms with Crippen LogP contribution in [0.15, 0.2) is 42.5 Å². The summed E-state index contributed by atoms with van der Waals surface area (Å²) in [7, 11) is 0. The normalized spacial score (nSPS) is 25.5. The number of hydrogen-bond donors (Lipinski definition) is 1. The molecule has 1 fully saturated rings. The minimum atomic E-state index is -4.94. The molecule has 2 aromatic rings. The molecule has 1 nitrogen and oxygen atoms in total. The van der Waals surface area contributed by atoms with Crippen LogP contribution in [0, 0.1) is 0 Å². The van der Waals surface area contributed by atoms with Crippen LogP contribution in [0.25, 0.3) is 0 Å². The van der Waals surface area contributed by atoms with Crippen molar-refractivity contribution in [3.05, 3.63) is 69.7 Å². The average Bonchev–Trinajstić information content (AvgIpc) is 3.06. The Bertz CT molecular complexity index is 879. The smallest absolute Gasteiger partial charge is 0.313 e. The summed E-state index contributed by atoms with van der Waals surface area (Å²) in [6.45, 7) is 1.46. The Labute approximate surface area is 179 Å². The topological polar surface area (TPSA) is 12.0 Å². The second-order valence-corrected chi connectivity index (χ2v) is 8.56. The molecule has 0 bridgehead atoms. The standard InChI is InChI=1S/C22H22ClF4N.ClH/c1-20(24,22(25,26)27)16-5-8-18-15(12-16)4-9-19-21(18,10-11-28-19)13-14-2-6-17(23)7-3-14;/h2-3,5-8,12,19,28H,4,9-11,13H2,1H3;1H. The molecule has 7 heteroatoms. The first kappa shape index (κ1) is 22.4. The minimum absolute atomic E-state index is 0. The number of aryl methyl sites for hydroxylation is 1. The van der Waals surface area contributed by atoms with Gasteiger partial charge in [0, 0.05) is 16.5 Å². The Morgan fingerprint density at radius 2 is 1.79 bits per heavy atom. The maximum atomic E-state index is 14.5. The van der Waals surface area contributed by atoms with Crippen molar-refractivity contribution in [2.75, 3.05) is 6.54 Å². The van der Waals surface area contributed by atoms with E-state index in [1.165, 1.54) is 12.1 Å². The van der Waals surface area contributed by atoms with Gasteiger partial charge >= 0.3 is 6.18 Å². The van der Waals surface area contributed by atoms with Gasteiger partial charge in [-0.2, -0.15) is 13.2 Å². The van der Waals surface area contributed by atoms with E-state index >= 15 is 0 Å². The van der Waals surface area contributed by atoms with E-state index in [0.29, 0.717) is 18.4 Å². The fraction of sp³-hybridized carbons (Fsp3) is 0.455. The lowest BCUT2D eigenvalue weighted by Gasteiger charge is -2.42. The van der Waals surface area contributed by atoms with Gasteiger partial charge in [0.25, 0.3) is 0 Å². The van der Waals surface area contributed by atoms with Crippen LogP contribution in [0.5, 0.6) is 0 Å². The molecule has 0 amide bonds. The van der Waals surface area contributed by atoms with E-state index in [9.17, 15) is 17.6 Å². The Balaban J connectivity index is 0.00000240. The molecule has 1 aliphatic carbocycles. The molecule has 0 aromatic heterocycles. The van der Waals surface area contributed by atoms with Gasteiger partial charge in [0.05, 0.1) is 0 Å². The summed E-state index contributed by atoms with van der Waals surface area (Å²) in [5, 5.41) is 4.23. The highest BCUT2D eigenvalue weighted by Gasteiger charge is 2.54. The van der Waals surface area contributed by atoms with Gasteiger partial charge in [-0.15, -0.1) is 12.4 Å². The van der Waals surface area contributed by atoms with Crippen molar-refractivity contribution in [1.82, 2.24) is 5.32 Å². The second-order valence-electron chi connectivity index (χ2n) is 8.13. The van der Waals surface area contributed by atoms with Gasteiger partial charge in [-0.1, -0.05) is 41.9 Å². The molecular weight excluding hydrogens is 425 g/mol. The van der Waals surface area contributed by atoms with Crippen LogP contribution in [0.3, 0.4) is 0 Å². The van der Waals surface area contributed by atoms with Crippen LogP contribution in [-0.4, -0.2) is 18.8 Å². The van der Waals surface area contributed by atoms with E-state index in [0.717, 1.165) is 42.5 Å². The van der Waals surface area contributed by atoms with Gasteiger partial charge in [0.1, 0.15) is 0 Å². The zero-order valence-corrected chi connectivity index (χ0v) is 17.5. The number of benzene rings is 2. The molecule has 2 aromatic carbocycles. The zero-order valence-electron chi connectivity index (χ0n) is 16.0. The largest absolute Gasteiger partial charge is 0.426 e. The number of fused-ring (bicyclic) bond motifs is 3. The first-order chi connectivity index (χ1) is 13.1. The number of alkyl halides is 4. The van der Waals surface area contributed by atoms with Crippen molar-refractivity contribution in [1.29, 1.82) is 0 Å². The summed E-state index contributed by atoms with van der Waals surface area (Å²) in [4.78, 5) is 0. The number of halogens is 6. The molecule has 1 heterocycles. The predicted octanol–water partition coefficient (Wildman–Crippen LogP) is 6.30. The SMILES string of the molecule is CC(F)(c1ccc2c(c1)CCC1NCCC21Cc1ccc(Cl)cc1)C(F)(F)F.Cl. The molecule has 29 heavy (non-hydrogen) atoms. The average molecular weight is 448 g/mol. The van der Waals surface area contributed by atoms with E-state index in [1.54, 1.807) is 6.07 Å². The van der Waals surface area contributed by atoms with Crippen molar-refractivity contribution in [3.63, 3.8) is 0 Å². The Hall–Kier alpha value is -1.30. The monoisotopic (exact) mass is 447 g/mol. The van der Waals surface area contributed by atoms with E-state index in [1.807, 2.05) is 24.3 Å². The molecule has 3 unspecified atom stereocenters. The van der Waals surface area contributed by atoms with Gasteiger partial charge in [-0.3, -0.25) is 0 Å². The summed E-state index contributed by atoms with van der Waals surface area (Å²) < 4.78 is 54.0. The molecule has 4 rings (SSSR count). The van der Waals surface area contributed by atoms with Crippen LogP contribution >= 0.6 is 24.0 Å². The third kappa shape index (κ3) is 3.77. The molecular formula is C22H23Cl2F4N. The number of hydrogen-bond acceptors (Lipinski definition) is 1. The van der Waals surface area contributed by atoms with Gasteiger partial charge in [-0.05, 0) is 73.5 Å². The van der Waals surface area contributed by atoms with Crippen molar-refractivity contribution >= 4 is 24.0 Å². The summed E-state index contributed by atoms with van der Waals surface area (Å²) in [5.41, 5.74) is -0.837. The van der Waals surface area contributed by atoms with E-state index in [2.05, 4.69) is 5.32 Å². The van der Waals surface area contributed by atoms with Crippen LogP contribution in [0.1, 0.15) is 42.0 Å². The summed E-state index contributed by atoms with van der Waals surface area (Å²) >= 11 is 6.00. The second kappa shape index (κ2) is 7.75. The van der Waals surface area contributed by atoms with Gasteiger partial charge in [-0.25, -0.2) is 4.39 Å². The van der Waals surface area contributed by atoms with Crippen LogP contribution < -0.4 is 5.32 Å². The maximum absolute atomic E-state index is 14.5.